The number of nitrogens with one attached hydrogen (secondary N) is 1. The molecular formula is C12H10INO3. The molecule has 17 heavy (non-hydrogen) atoms. The van der Waals surface area contributed by atoms with Gasteiger partial charge in [-0.05, 0) is 47.2 Å². The summed E-state index contributed by atoms with van der Waals surface area (Å²) in [7, 11) is 0. The fourth-order valence-corrected chi connectivity index (χ4v) is 1.99. The quantitative estimate of drug-likeness (QED) is 0.501. The molecule has 0 heterocycles. The van der Waals surface area contributed by atoms with Gasteiger partial charge in [-0.15, -0.1) is 0 Å². The molecule has 0 bridgehead atoms. The van der Waals surface area contributed by atoms with Crippen molar-refractivity contribution in [1.29, 1.82) is 0 Å². The first-order valence-corrected chi connectivity index (χ1v) is 6.12. The first-order valence-electron chi connectivity index (χ1n) is 5.04. The summed E-state index contributed by atoms with van der Waals surface area (Å²) in [5.74, 6) is 0. The summed E-state index contributed by atoms with van der Waals surface area (Å²) in [6.45, 7) is 1.49. The molecule has 1 atom stereocenters. The highest BCUT2D eigenvalue weighted by molar-refractivity contribution is 14.1. The molecule has 5 heteroatoms. The van der Waals surface area contributed by atoms with Crippen LogP contribution in [-0.2, 0) is 0 Å². The van der Waals surface area contributed by atoms with Crippen LogP contribution in [-0.4, -0.2) is 11.3 Å². The lowest BCUT2D eigenvalue weighted by atomic mass is 9.98. The molecule has 0 saturated carbocycles. The topological polar surface area (TPSA) is 66.4 Å². The highest BCUT2D eigenvalue weighted by Crippen LogP contribution is 2.24. The van der Waals surface area contributed by atoms with Crippen molar-refractivity contribution >= 4 is 28.3 Å². The van der Waals surface area contributed by atoms with Crippen molar-refractivity contribution in [3.8, 4) is 11.1 Å². The van der Waals surface area contributed by atoms with Crippen molar-refractivity contribution in [2.24, 2.45) is 0 Å². The third-order valence-electron chi connectivity index (χ3n) is 2.40. The Kier molecular flexibility index (Phi) is 3.30. The zero-order valence-electron chi connectivity index (χ0n) is 9.03. The summed E-state index contributed by atoms with van der Waals surface area (Å²) in [6, 6.07) is 7.29. The number of halogens is 1. The first kappa shape index (κ1) is 12.3. The SMILES string of the molecule is CC(O)Nc1c(-c2ccc(I)cc2)c(=O)c1=O. The molecule has 4 nitrogen and oxygen atoms in total. The molecule has 2 rings (SSSR count). The lowest BCUT2D eigenvalue weighted by Crippen LogP contribution is -2.38. The molecule has 0 aliphatic carbocycles. The van der Waals surface area contributed by atoms with Crippen molar-refractivity contribution in [1.82, 2.24) is 0 Å². The molecular weight excluding hydrogens is 333 g/mol. The molecule has 2 N–H and O–H groups in total. The van der Waals surface area contributed by atoms with Crippen LogP contribution in [0.1, 0.15) is 6.92 Å². The predicted molar refractivity (Wildman–Crippen MR) is 74.8 cm³/mol. The fourth-order valence-electron chi connectivity index (χ4n) is 1.63. The zero-order chi connectivity index (χ0) is 12.6. The van der Waals surface area contributed by atoms with Gasteiger partial charge in [-0.1, -0.05) is 12.1 Å². The Morgan fingerprint density at radius 2 is 1.76 bits per heavy atom. The monoisotopic (exact) mass is 343 g/mol. The van der Waals surface area contributed by atoms with Crippen LogP contribution >= 0.6 is 22.6 Å². The maximum atomic E-state index is 11.5. The molecule has 0 saturated heterocycles. The number of aliphatic hydroxyl groups is 1. The molecule has 2 aromatic carbocycles. The van der Waals surface area contributed by atoms with Gasteiger partial charge in [-0.3, -0.25) is 9.59 Å². The molecule has 2 aromatic rings. The fraction of sp³-hybridized carbons (Fsp3) is 0.167. The van der Waals surface area contributed by atoms with Gasteiger partial charge in [-0.25, -0.2) is 0 Å². The van der Waals surface area contributed by atoms with E-state index >= 15 is 0 Å². The van der Waals surface area contributed by atoms with Crippen molar-refractivity contribution in [2.45, 2.75) is 13.2 Å². The largest absolute Gasteiger partial charge is 0.374 e. The minimum Gasteiger partial charge on any atom is -0.374 e. The maximum Gasteiger partial charge on any atom is 0.250 e. The summed E-state index contributed by atoms with van der Waals surface area (Å²) >= 11 is 2.16. The van der Waals surface area contributed by atoms with E-state index < -0.39 is 17.1 Å². The van der Waals surface area contributed by atoms with Crippen LogP contribution < -0.4 is 16.2 Å². The number of benzene rings is 1. The van der Waals surface area contributed by atoms with Gasteiger partial charge in [0.05, 0.1) is 5.56 Å². The summed E-state index contributed by atoms with van der Waals surface area (Å²) in [5, 5.41) is 11.8. The van der Waals surface area contributed by atoms with Crippen LogP contribution in [0.4, 0.5) is 5.69 Å². The Labute approximate surface area is 111 Å². The maximum absolute atomic E-state index is 11.5. The van der Waals surface area contributed by atoms with Gasteiger partial charge in [0, 0.05) is 3.57 Å². The van der Waals surface area contributed by atoms with E-state index in [9.17, 15) is 14.7 Å². The normalized spacial score (nSPS) is 12.6. The smallest absolute Gasteiger partial charge is 0.250 e. The molecule has 0 radical (unpaired) electrons. The first-order chi connectivity index (χ1) is 8.00. The van der Waals surface area contributed by atoms with Gasteiger partial charge in [0.2, 0.25) is 10.9 Å². The summed E-state index contributed by atoms with van der Waals surface area (Å²) in [4.78, 5) is 22.9. The third kappa shape index (κ3) is 2.25. The van der Waals surface area contributed by atoms with Crippen LogP contribution in [0.25, 0.3) is 11.1 Å². The second kappa shape index (κ2) is 4.58. The number of hydrogen-bond donors (Lipinski definition) is 2. The summed E-state index contributed by atoms with van der Waals surface area (Å²) in [6.07, 6.45) is -0.860. The molecule has 0 fully saturated rings. The van der Waals surface area contributed by atoms with Crippen LogP contribution in [0.3, 0.4) is 0 Å². The van der Waals surface area contributed by atoms with E-state index in [1.807, 2.05) is 12.1 Å². The minimum atomic E-state index is -0.860. The van der Waals surface area contributed by atoms with E-state index in [0.717, 1.165) is 3.57 Å². The lowest BCUT2D eigenvalue weighted by molar-refractivity contribution is 0.224. The molecule has 0 aliphatic rings. The van der Waals surface area contributed by atoms with E-state index in [-0.39, 0.29) is 5.69 Å². The molecule has 0 aliphatic heterocycles. The van der Waals surface area contributed by atoms with Crippen molar-refractivity contribution < 1.29 is 5.11 Å². The zero-order valence-corrected chi connectivity index (χ0v) is 11.2. The van der Waals surface area contributed by atoms with Crippen LogP contribution in [0, 0.1) is 3.57 Å². The molecule has 88 valence electrons. The van der Waals surface area contributed by atoms with E-state index in [0.29, 0.717) is 11.1 Å². The van der Waals surface area contributed by atoms with Gasteiger partial charge in [0.1, 0.15) is 11.9 Å². The average Bonchev–Trinajstić information content (AvgIpc) is 2.30. The third-order valence-corrected chi connectivity index (χ3v) is 3.12. The van der Waals surface area contributed by atoms with E-state index in [4.69, 9.17) is 0 Å². The van der Waals surface area contributed by atoms with Crippen molar-refractivity contribution in [2.75, 3.05) is 5.32 Å². The lowest BCUT2D eigenvalue weighted by Gasteiger charge is -2.15. The van der Waals surface area contributed by atoms with Gasteiger partial charge in [0.25, 0.3) is 0 Å². The van der Waals surface area contributed by atoms with Gasteiger partial charge >= 0.3 is 0 Å². The Morgan fingerprint density at radius 3 is 2.29 bits per heavy atom. The predicted octanol–water partition coefficient (Wildman–Crippen LogP) is 1.30. The molecule has 1 unspecified atom stereocenters. The summed E-state index contributed by atoms with van der Waals surface area (Å²) < 4.78 is 1.05. The second-order valence-corrected chi connectivity index (χ2v) is 4.98. The van der Waals surface area contributed by atoms with E-state index in [1.54, 1.807) is 12.1 Å². The van der Waals surface area contributed by atoms with E-state index in [2.05, 4.69) is 27.9 Å². The van der Waals surface area contributed by atoms with Crippen LogP contribution in [0.5, 0.6) is 0 Å². The van der Waals surface area contributed by atoms with E-state index in [1.165, 1.54) is 6.92 Å². The van der Waals surface area contributed by atoms with Gasteiger partial charge in [0.15, 0.2) is 0 Å². The molecule has 0 amide bonds. The van der Waals surface area contributed by atoms with Crippen molar-refractivity contribution in [3.63, 3.8) is 0 Å². The van der Waals surface area contributed by atoms with Crippen LogP contribution in [0.15, 0.2) is 33.9 Å². The Balaban J connectivity index is 2.46. The Morgan fingerprint density at radius 1 is 1.18 bits per heavy atom. The Bertz CT molecular complexity index is 609. The number of rotatable bonds is 3. The number of hydrogen-bond acceptors (Lipinski definition) is 4. The minimum absolute atomic E-state index is 0.200. The highest BCUT2D eigenvalue weighted by atomic mass is 127. The Hall–Kier alpha value is -1.21. The molecule has 0 spiro atoms. The van der Waals surface area contributed by atoms with Crippen molar-refractivity contribution in [3.05, 3.63) is 48.3 Å². The van der Waals surface area contributed by atoms with Gasteiger partial charge in [-0.2, -0.15) is 0 Å². The standard InChI is InChI=1S/C12H10INO3/c1-6(15)14-10-9(11(16)12(10)17)7-2-4-8(13)5-3-7/h2-6,14-15H,1H3. The van der Waals surface area contributed by atoms with Gasteiger partial charge < -0.3 is 10.4 Å². The second-order valence-electron chi connectivity index (χ2n) is 3.74. The molecule has 0 aromatic heterocycles. The van der Waals surface area contributed by atoms with Crippen LogP contribution in [0.2, 0.25) is 0 Å². The average molecular weight is 343 g/mol. The number of aliphatic hydroxyl groups excluding tert-OH is 1. The number of anilines is 1. The summed E-state index contributed by atoms with van der Waals surface area (Å²) in [5.41, 5.74) is 0.172. The highest BCUT2D eigenvalue weighted by Gasteiger charge is 2.22.